The van der Waals surface area contributed by atoms with Gasteiger partial charge in [-0.1, -0.05) is 17.8 Å². The fourth-order valence-electron chi connectivity index (χ4n) is 3.06. The summed E-state index contributed by atoms with van der Waals surface area (Å²) in [5, 5.41) is 5.60. The van der Waals surface area contributed by atoms with Gasteiger partial charge >= 0.3 is 5.97 Å². The number of rotatable bonds is 6. The van der Waals surface area contributed by atoms with Crippen LogP contribution in [0.4, 0.5) is 5.82 Å². The van der Waals surface area contributed by atoms with Crippen LogP contribution in [0.25, 0.3) is 0 Å². The maximum Gasteiger partial charge on any atom is 0.336 e. The van der Waals surface area contributed by atoms with Crippen molar-refractivity contribution in [3.8, 4) is 0 Å². The molecule has 1 unspecified atom stereocenters. The van der Waals surface area contributed by atoms with Crippen molar-refractivity contribution in [1.82, 2.24) is 9.97 Å². The molecule has 2 aromatic rings. The predicted octanol–water partition coefficient (Wildman–Crippen LogP) is 3.81. The molecule has 3 rings (SSSR count). The van der Waals surface area contributed by atoms with Gasteiger partial charge in [-0.25, -0.2) is 9.78 Å². The number of nitrogens with zero attached hydrogens (tertiary/aromatic N) is 1. The summed E-state index contributed by atoms with van der Waals surface area (Å²) in [4.78, 5) is 34.0. The Hall–Kier alpha value is -2.32. The number of aromatic amines is 1. The van der Waals surface area contributed by atoms with E-state index in [1.54, 1.807) is 13.0 Å². The first-order valence-electron chi connectivity index (χ1n) is 8.54. The van der Waals surface area contributed by atoms with E-state index < -0.39 is 11.9 Å². The van der Waals surface area contributed by atoms with Gasteiger partial charge in [0.25, 0.3) is 5.56 Å². The number of carbonyl (C=O) groups is 1. The fraction of sp³-hybridized carbons (Fsp3) is 0.316. The maximum absolute atomic E-state index is 13.0. The van der Waals surface area contributed by atoms with Gasteiger partial charge in [0, 0.05) is 16.3 Å². The Bertz CT molecular complexity index is 975. The number of carbonyl (C=O) groups excluding carboxylic acids is 1. The molecule has 3 heterocycles. The third kappa shape index (κ3) is 3.72. The molecule has 0 aromatic carbocycles. The monoisotopic (exact) mass is 403 g/mol. The van der Waals surface area contributed by atoms with Crippen LogP contribution in [-0.4, -0.2) is 28.3 Å². The number of esters is 1. The average molecular weight is 404 g/mol. The molecule has 0 fully saturated rings. The number of allylic oxidation sites excluding steroid dienone is 1. The Labute approximate surface area is 165 Å². The lowest BCUT2D eigenvalue weighted by molar-refractivity contribution is -0.138. The first-order valence-corrected chi connectivity index (χ1v) is 10.4. The average Bonchev–Trinajstić information content (AvgIpc) is 3.04. The zero-order valence-corrected chi connectivity index (χ0v) is 17.1. The number of aryl methyl sites for hydroxylation is 1. The van der Waals surface area contributed by atoms with Crippen molar-refractivity contribution in [2.75, 3.05) is 17.7 Å². The van der Waals surface area contributed by atoms with Crippen LogP contribution in [0.3, 0.4) is 0 Å². The summed E-state index contributed by atoms with van der Waals surface area (Å²) in [6.45, 7) is 9.50. The molecule has 2 N–H and O–H groups in total. The number of ether oxygens (including phenoxy) is 1. The van der Waals surface area contributed by atoms with Crippen LogP contribution in [0, 0.1) is 6.92 Å². The van der Waals surface area contributed by atoms with Gasteiger partial charge in [-0.3, -0.25) is 4.79 Å². The van der Waals surface area contributed by atoms with Crippen LogP contribution in [0.1, 0.15) is 35.8 Å². The number of H-pyrrole nitrogens is 1. The third-order valence-corrected chi connectivity index (χ3v) is 6.17. The minimum Gasteiger partial charge on any atom is -0.463 e. The molecule has 1 aliphatic heterocycles. The summed E-state index contributed by atoms with van der Waals surface area (Å²) in [6.07, 6.45) is 1.75. The predicted molar refractivity (Wildman–Crippen MR) is 110 cm³/mol. The third-order valence-electron chi connectivity index (χ3n) is 4.22. The molecule has 0 aliphatic carbocycles. The molecule has 2 aromatic heterocycles. The van der Waals surface area contributed by atoms with Crippen molar-refractivity contribution in [3.63, 3.8) is 0 Å². The van der Waals surface area contributed by atoms with Gasteiger partial charge in [0.15, 0.2) is 5.16 Å². The van der Waals surface area contributed by atoms with Gasteiger partial charge in [-0.2, -0.15) is 0 Å². The van der Waals surface area contributed by atoms with Gasteiger partial charge < -0.3 is 15.0 Å². The lowest BCUT2D eigenvalue weighted by Crippen LogP contribution is -2.31. The second-order valence-corrected chi connectivity index (χ2v) is 7.97. The number of hydrogen-bond acceptors (Lipinski definition) is 7. The number of anilines is 1. The van der Waals surface area contributed by atoms with Gasteiger partial charge in [0.1, 0.15) is 5.82 Å². The summed E-state index contributed by atoms with van der Waals surface area (Å²) in [5.74, 6) is 0.192. The molecule has 1 atom stereocenters. The molecule has 6 nitrogen and oxygen atoms in total. The molecule has 142 valence electrons. The van der Waals surface area contributed by atoms with Crippen molar-refractivity contribution in [2.24, 2.45) is 0 Å². The second-order valence-electron chi connectivity index (χ2n) is 6.02. The standard InChI is InChI=1S/C19H21N3O3S2/c1-5-8-27-19-21-16-14(17(23)22-19)13(15-10(3)7-9-26-15)12(11(4)20-16)18(24)25-6-2/h5,7,9,13H,1,6,8H2,2-4H3,(H2,20,21,22,23). The molecule has 0 radical (unpaired) electrons. The number of hydrogen-bond donors (Lipinski definition) is 2. The van der Waals surface area contributed by atoms with Crippen LogP contribution in [0.5, 0.6) is 0 Å². The Morgan fingerprint density at radius 2 is 2.26 bits per heavy atom. The number of thiophene rings is 1. The van der Waals surface area contributed by atoms with E-state index in [-0.39, 0.29) is 12.2 Å². The SMILES string of the molecule is C=CCSc1nc2c(c(=O)[nH]1)C(c1sccc1C)C(C(=O)OCC)=C(C)N2. The first-order chi connectivity index (χ1) is 13.0. The normalized spacial score (nSPS) is 15.9. The van der Waals surface area contributed by atoms with Crippen molar-refractivity contribution < 1.29 is 9.53 Å². The molecule has 8 heteroatoms. The van der Waals surface area contributed by atoms with Crippen LogP contribution in [0.15, 0.2) is 45.3 Å². The van der Waals surface area contributed by atoms with E-state index in [2.05, 4.69) is 21.9 Å². The van der Waals surface area contributed by atoms with Crippen molar-refractivity contribution in [3.05, 3.63) is 61.7 Å². The smallest absolute Gasteiger partial charge is 0.336 e. The molecule has 0 bridgehead atoms. The number of fused-ring (bicyclic) bond motifs is 1. The minimum absolute atomic E-state index is 0.258. The van der Waals surface area contributed by atoms with E-state index >= 15 is 0 Å². The van der Waals surface area contributed by atoms with Crippen molar-refractivity contribution in [1.29, 1.82) is 0 Å². The molecule has 0 spiro atoms. The molecular formula is C19H21N3O3S2. The van der Waals surface area contributed by atoms with Crippen LogP contribution in [0.2, 0.25) is 0 Å². The van der Waals surface area contributed by atoms with Gasteiger partial charge in [0.05, 0.1) is 23.7 Å². The highest BCUT2D eigenvalue weighted by Crippen LogP contribution is 2.43. The number of thioether (sulfide) groups is 1. The Morgan fingerprint density at radius 3 is 2.89 bits per heavy atom. The van der Waals surface area contributed by atoms with Gasteiger partial charge in [-0.15, -0.1) is 17.9 Å². The number of aromatic nitrogens is 2. The summed E-state index contributed by atoms with van der Waals surface area (Å²) in [5.41, 5.74) is 2.31. The summed E-state index contributed by atoms with van der Waals surface area (Å²) < 4.78 is 5.27. The molecule has 27 heavy (non-hydrogen) atoms. The quantitative estimate of drug-likeness (QED) is 0.330. The first kappa shape index (κ1) is 19.4. The van der Waals surface area contributed by atoms with Gasteiger partial charge in [0.2, 0.25) is 0 Å². The molecule has 0 amide bonds. The Kier molecular flexibility index (Phi) is 5.86. The number of nitrogens with one attached hydrogen (secondary N) is 2. The largest absolute Gasteiger partial charge is 0.463 e. The second kappa shape index (κ2) is 8.14. The highest BCUT2D eigenvalue weighted by Gasteiger charge is 2.37. The summed E-state index contributed by atoms with van der Waals surface area (Å²) >= 11 is 2.91. The van der Waals surface area contributed by atoms with Crippen LogP contribution in [-0.2, 0) is 9.53 Å². The fourth-order valence-corrected chi connectivity index (χ4v) is 4.70. The van der Waals surface area contributed by atoms with Gasteiger partial charge in [-0.05, 0) is 37.8 Å². The van der Waals surface area contributed by atoms with E-state index in [0.29, 0.717) is 33.6 Å². The summed E-state index contributed by atoms with van der Waals surface area (Å²) in [6, 6.07) is 1.98. The van der Waals surface area contributed by atoms with E-state index in [9.17, 15) is 9.59 Å². The Morgan fingerprint density at radius 1 is 1.48 bits per heavy atom. The van der Waals surface area contributed by atoms with Crippen molar-refractivity contribution in [2.45, 2.75) is 31.8 Å². The topological polar surface area (TPSA) is 84.1 Å². The highest BCUT2D eigenvalue weighted by molar-refractivity contribution is 7.99. The molecular weight excluding hydrogens is 382 g/mol. The Balaban J connectivity index is 2.20. The lowest BCUT2D eigenvalue weighted by Gasteiger charge is -2.28. The molecule has 0 saturated heterocycles. The minimum atomic E-state index is -0.505. The molecule has 1 aliphatic rings. The molecule has 0 saturated carbocycles. The van der Waals surface area contributed by atoms with E-state index in [0.717, 1.165) is 10.4 Å². The van der Waals surface area contributed by atoms with E-state index in [4.69, 9.17) is 4.74 Å². The zero-order chi connectivity index (χ0) is 19.6. The van der Waals surface area contributed by atoms with Crippen molar-refractivity contribution >= 4 is 34.9 Å². The van der Waals surface area contributed by atoms with E-state index in [1.165, 1.54) is 23.1 Å². The van der Waals surface area contributed by atoms with Crippen LogP contribution < -0.4 is 10.9 Å². The van der Waals surface area contributed by atoms with Crippen LogP contribution >= 0.6 is 23.1 Å². The summed E-state index contributed by atoms with van der Waals surface area (Å²) in [7, 11) is 0. The zero-order valence-electron chi connectivity index (χ0n) is 15.4. The maximum atomic E-state index is 13.0. The van der Waals surface area contributed by atoms with E-state index in [1.807, 2.05) is 25.3 Å². The highest BCUT2D eigenvalue weighted by atomic mass is 32.2. The lowest BCUT2D eigenvalue weighted by atomic mass is 9.85.